The van der Waals surface area contributed by atoms with Gasteiger partial charge >= 0.3 is 6.18 Å². The van der Waals surface area contributed by atoms with E-state index < -0.39 is 11.7 Å². The zero-order chi connectivity index (χ0) is 18.1. The molecule has 6 heteroatoms. The van der Waals surface area contributed by atoms with Crippen molar-refractivity contribution in [2.45, 2.75) is 31.8 Å². The molecule has 0 heterocycles. The summed E-state index contributed by atoms with van der Waals surface area (Å²) >= 11 is 5.85. The van der Waals surface area contributed by atoms with Gasteiger partial charge in [-0.25, -0.2) is 4.39 Å². The fourth-order valence-corrected chi connectivity index (χ4v) is 2.77. The lowest BCUT2D eigenvalue weighted by Crippen LogP contribution is -2.09. The minimum absolute atomic E-state index is 0.0549. The molecule has 0 spiro atoms. The number of ether oxygens (including phenoxy) is 1. The van der Waals surface area contributed by atoms with Gasteiger partial charge in [0, 0.05) is 5.88 Å². The maximum Gasteiger partial charge on any atom is 0.419 e. The Morgan fingerprint density at radius 3 is 2.29 bits per heavy atom. The van der Waals surface area contributed by atoms with Crippen LogP contribution in [0.2, 0.25) is 0 Å². The molecule has 0 aliphatic heterocycles. The van der Waals surface area contributed by atoms with E-state index in [9.17, 15) is 17.6 Å². The van der Waals surface area contributed by atoms with Crippen LogP contribution in [-0.4, -0.2) is 7.11 Å². The van der Waals surface area contributed by atoms with E-state index in [0.29, 0.717) is 22.3 Å². The summed E-state index contributed by atoms with van der Waals surface area (Å²) in [6.07, 6.45) is -4.55. The van der Waals surface area contributed by atoms with E-state index in [1.807, 2.05) is 13.8 Å². The molecule has 24 heavy (non-hydrogen) atoms. The first-order valence-corrected chi connectivity index (χ1v) is 7.86. The van der Waals surface area contributed by atoms with Gasteiger partial charge in [-0.2, -0.15) is 13.2 Å². The molecule has 0 aliphatic rings. The van der Waals surface area contributed by atoms with Gasteiger partial charge in [0.25, 0.3) is 0 Å². The Kier molecular flexibility index (Phi) is 5.43. The lowest BCUT2D eigenvalue weighted by atomic mass is 9.93. The highest BCUT2D eigenvalue weighted by molar-refractivity contribution is 6.17. The fourth-order valence-electron chi connectivity index (χ4n) is 2.55. The van der Waals surface area contributed by atoms with Crippen molar-refractivity contribution in [1.82, 2.24) is 0 Å². The van der Waals surface area contributed by atoms with Crippen LogP contribution < -0.4 is 4.74 Å². The number of alkyl halides is 4. The van der Waals surface area contributed by atoms with Crippen molar-refractivity contribution in [1.29, 1.82) is 0 Å². The Hall–Kier alpha value is -1.75. The lowest BCUT2D eigenvalue weighted by Gasteiger charge is -2.17. The molecule has 0 unspecified atom stereocenters. The predicted molar refractivity (Wildman–Crippen MR) is 87.0 cm³/mol. The standard InChI is InChI=1S/C18H17ClF4O/c1-10(2)13-6-11(4-5-16(13)20)14-8-17(24-3)15(18(21,22)23)7-12(14)9-19/h4-8,10H,9H2,1-3H3. The van der Waals surface area contributed by atoms with Gasteiger partial charge < -0.3 is 4.74 Å². The molecule has 0 saturated heterocycles. The summed E-state index contributed by atoms with van der Waals surface area (Å²) in [6, 6.07) is 6.77. The van der Waals surface area contributed by atoms with Crippen molar-refractivity contribution >= 4 is 11.6 Å². The molecule has 0 N–H and O–H groups in total. The largest absolute Gasteiger partial charge is 0.496 e. The highest BCUT2D eigenvalue weighted by Crippen LogP contribution is 2.41. The van der Waals surface area contributed by atoms with E-state index in [1.165, 1.54) is 25.3 Å². The summed E-state index contributed by atoms with van der Waals surface area (Å²) in [5.41, 5.74) is 1.02. The van der Waals surface area contributed by atoms with Gasteiger partial charge in [0.1, 0.15) is 11.6 Å². The van der Waals surface area contributed by atoms with Crippen molar-refractivity contribution in [3.8, 4) is 16.9 Å². The molecule has 0 fully saturated rings. The molecule has 0 saturated carbocycles. The third-order valence-electron chi connectivity index (χ3n) is 3.80. The van der Waals surface area contributed by atoms with Crippen LogP contribution in [0.25, 0.3) is 11.1 Å². The van der Waals surface area contributed by atoms with Gasteiger partial charge in [0.2, 0.25) is 0 Å². The molecular formula is C18H17ClF4O. The second kappa shape index (κ2) is 7.01. The molecule has 0 radical (unpaired) electrons. The highest BCUT2D eigenvalue weighted by Gasteiger charge is 2.35. The zero-order valence-corrected chi connectivity index (χ0v) is 14.2. The number of halogens is 5. The average Bonchev–Trinajstić information content (AvgIpc) is 2.52. The van der Waals surface area contributed by atoms with Crippen molar-refractivity contribution < 1.29 is 22.3 Å². The molecule has 2 aromatic rings. The quantitative estimate of drug-likeness (QED) is 0.454. The van der Waals surface area contributed by atoms with Crippen molar-refractivity contribution in [3.63, 3.8) is 0 Å². The molecule has 2 aromatic carbocycles. The van der Waals surface area contributed by atoms with Crippen molar-refractivity contribution in [2.75, 3.05) is 7.11 Å². The van der Waals surface area contributed by atoms with E-state index in [4.69, 9.17) is 16.3 Å². The van der Waals surface area contributed by atoms with Gasteiger partial charge in [0.15, 0.2) is 0 Å². The summed E-state index contributed by atoms with van der Waals surface area (Å²) < 4.78 is 58.2. The van der Waals surface area contributed by atoms with E-state index in [2.05, 4.69) is 0 Å². The van der Waals surface area contributed by atoms with Gasteiger partial charge in [-0.05, 0) is 52.4 Å². The van der Waals surface area contributed by atoms with Crippen LogP contribution in [0.5, 0.6) is 5.75 Å². The molecule has 0 aliphatic carbocycles. The summed E-state index contributed by atoms with van der Waals surface area (Å²) in [6.45, 7) is 3.69. The SMILES string of the molecule is COc1cc(-c2ccc(F)c(C(C)C)c2)c(CCl)cc1C(F)(F)F. The molecule has 0 aromatic heterocycles. The fraction of sp³-hybridized carbons (Fsp3) is 0.333. The van der Waals surface area contributed by atoms with Crippen LogP contribution >= 0.6 is 11.6 Å². The van der Waals surface area contributed by atoms with Crippen LogP contribution in [0.3, 0.4) is 0 Å². The second-order valence-electron chi connectivity index (χ2n) is 5.73. The van der Waals surface area contributed by atoms with Crippen molar-refractivity contribution in [2.24, 2.45) is 0 Å². The first-order valence-electron chi connectivity index (χ1n) is 7.33. The summed E-state index contributed by atoms with van der Waals surface area (Å²) in [7, 11) is 1.18. The lowest BCUT2D eigenvalue weighted by molar-refractivity contribution is -0.138. The number of benzene rings is 2. The van der Waals surface area contributed by atoms with Gasteiger partial charge in [-0.1, -0.05) is 19.9 Å². The zero-order valence-electron chi connectivity index (χ0n) is 13.5. The molecule has 0 atom stereocenters. The van der Waals surface area contributed by atoms with E-state index in [0.717, 1.165) is 6.07 Å². The Morgan fingerprint density at radius 2 is 1.79 bits per heavy atom. The molecular weight excluding hydrogens is 344 g/mol. The van der Waals surface area contributed by atoms with Crippen LogP contribution in [0.15, 0.2) is 30.3 Å². The van der Waals surface area contributed by atoms with Gasteiger partial charge in [-0.15, -0.1) is 11.6 Å². The predicted octanol–water partition coefficient (Wildman–Crippen LogP) is 6.38. The topological polar surface area (TPSA) is 9.23 Å². The Morgan fingerprint density at radius 1 is 1.12 bits per heavy atom. The third kappa shape index (κ3) is 3.66. The minimum Gasteiger partial charge on any atom is -0.496 e. The average molecular weight is 361 g/mol. The Balaban J connectivity index is 2.69. The molecule has 130 valence electrons. The summed E-state index contributed by atoms with van der Waals surface area (Å²) in [5.74, 6) is -0.792. The highest BCUT2D eigenvalue weighted by atomic mass is 35.5. The molecule has 0 bridgehead atoms. The monoisotopic (exact) mass is 360 g/mol. The van der Waals surface area contributed by atoms with Crippen LogP contribution in [-0.2, 0) is 12.1 Å². The van der Waals surface area contributed by atoms with Crippen LogP contribution in [0.1, 0.15) is 36.5 Å². The third-order valence-corrected chi connectivity index (χ3v) is 4.09. The number of rotatable bonds is 4. The van der Waals surface area contributed by atoms with Crippen LogP contribution in [0.4, 0.5) is 17.6 Å². The molecule has 1 nitrogen and oxygen atoms in total. The first kappa shape index (κ1) is 18.6. The van der Waals surface area contributed by atoms with E-state index in [-0.39, 0.29) is 23.4 Å². The Labute approximate surface area is 143 Å². The molecule has 2 rings (SSSR count). The summed E-state index contributed by atoms with van der Waals surface area (Å²) in [5, 5.41) is 0. The van der Waals surface area contributed by atoms with E-state index >= 15 is 0 Å². The number of hydrogen-bond donors (Lipinski definition) is 0. The number of methoxy groups -OCH3 is 1. The van der Waals surface area contributed by atoms with E-state index in [1.54, 1.807) is 6.07 Å². The summed E-state index contributed by atoms with van der Waals surface area (Å²) in [4.78, 5) is 0. The Bertz CT molecular complexity index is 739. The normalized spacial score (nSPS) is 11.9. The minimum atomic E-state index is -4.55. The first-order chi connectivity index (χ1) is 11.2. The van der Waals surface area contributed by atoms with Gasteiger partial charge in [-0.3, -0.25) is 0 Å². The maximum atomic E-state index is 13.9. The van der Waals surface area contributed by atoms with Crippen LogP contribution in [0, 0.1) is 5.82 Å². The molecule has 0 amide bonds. The second-order valence-corrected chi connectivity index (χ2v) is 6.00. The van der Waals surface area contributed by atoms with Gasteiger partial charge in [0.05, 0.1) is 12.7 Å². The smallest absolute Gasteiger partial charge is 0.419 e. The maximum absolute atomic E-state index is 13.9. The van der Waals surface area contributed by atoms with Crippen molar-refractivity contribution in [3.05, 3.63) is 52.8 Å². The number of hydrogen-bond acceptors (Lipinski definition) is 1.